The molecule has 2 amide bonds. The van der Waals surface area contributed by atoms with E-state index in [9.17, 15) is 19.2 Å². The van der Waals surface area contributed by atoms with Gasteiger partial charge in [-0.05, 0) is 62.5 Å². The number of benzene rings is 1. The number of nitrogens with zero attached hydrogens (tertiary/aromatic N) is 1. The van der Waals surface area contributed by atoms with Crippen molar-refractivity contribution in [1.82, 2.24) is 15.1 Å². The molecular weight excluding hydrogens is 520 g/mol. The highest BCUT2D eigenvalue weighted by Crippen LogP contribution is 2.37. The zero-order valence-corrected chi connectivity index (χ0v) is 23.2. The van der Waals surface area contributed by atoms with E-state index in [-0.39, 0.29) is 0 Å². The number of amides is 2. The van der Waals surface area contributed by atoms with Crippen molar-refractivity contribution >= 4 is 33.4 Å². The van der Waals surface area contributed by atoms with Crippen LogP contribution >= 0.6 is 11.3 Å². The van der Waals surface area contributed by atoms with Crippen LogP contribution in [0.5, 0.6) is 0 Å². The highest BCUT2D eigenvalue weighted by atomic mass is 32.1. The first kappa shape index (κ1) is 28.7. The lowest BCUT2D eigenvalue weighted by Gasteiger charge is -2.35. The molecule has 210 valence electrons. The van der Waals surface area contributed by atoms with E-state index in [0.29, 0.717) is 53.6 Å². The minimum absolute atomic E-state index is 0.324. The molecule has 0 aliphatic carbocycles. The van der Waals surface area contributed by atoms with Crippen LogP contribution in [0.1, 0.15) is 64.4 Å². The van der Waals surface area contributed by atoms with Crippen molar-refractivity contribution in [2.24, 2.45) is 11.3 Å². The molecule has 3 N–H and O–H groups in total. The summed E-state index contributed by atoms with van der Waals surface area (Å²) in [5.41, 5.74) is 4.02. The van der Waals surface area contributed by atoms with Gasteiger partial charge in [0.25, 0.3) is 5.56 Å². The molecule has 0 radical (unpaired) electrons. The van der Waals surface area contributed by atoms with Gasteiger partial charge < -0.3 is 9.72 Å². The molecule has 0 bridgehead atoms. The third-order valence-corrected chi connectivity index (χ3v) is 8.23. The van der Waals surface area contributed by atoms with Crippen LogP contribution in [0.15, 0.2) is 51.4 Å². The maximum atomic E-state index is 13.8. The molecule has 0 saturated carbocycles. The van der Waals surface area contributed by atoms with E-state index >= 15 is 0 Å². The Morgan fingerprint density at radius 3 is 2.74 bits per heavy atom. The predicted molar refractivity (Wildman–Crippen MR) is 150 cm³/mol. The molecule has 2 aromatic heterocycles. The fourth-order valence-electron chi connectivity index (χ4n) is 5.13. The summed E-state index contributed by atoms with van der Waals surface area (Å²) >= 11 is 1.17. The number of ether oxygens (including phenoxy) is 1. The minimum atomic E-state index is -1.23. The SMILES string of the molecule is CCC[C@@](C)(C(=O)Nn1c(=O)[nH]c2ccsc2c1=O)[C@H](CCCc1ccccc1)C(=O)NOC1CCCCO1. The first-order valence-electron chi connectivity index (χ1n) is 13.5. The lowest BCUT2D eigenvalue weighted by Crippen LogP contribution is -2.53. The van der Waals surface area contributed by atoms with E-state index in [2.05, 4.69) is 15.9 Å². The van der Waals surface area contributed by atoms with E-state index < -0.39 is 40.7 Å². The maximum Gasteiger partial charge on any atom is 0.348 e. The van der Waals surface area contributed by atoms with Crippen LogP contribution < -0.4 is 22.2 Å². The minimum Gasteiger partial charge on any atom is -0.350 e. The first-order valence-corrected chi connectivity index (χ1v) is 14.4. The predicted octanol–water partition coefficient (Wildman–Crippen LogP) is 3.84. The summed E-state index contributed by atoms with van der Waals surface area (Å²) < 4.78 is 6.59. The third kappa shape index (κ3) is 6.84. The summed E-state index contributed by atoms with van der Waals surface area (Å²) in [6.45, 7) is 4.20. The Kier molecular flexibility index (Phi) is 9.71. The van der Waals surface area contributed by atoms with Crippen molar-refractivity contribution < 1.29 is 19.2 Å². The van der Waals surface area contributed by atoms with Crippen LogP contribution in [-0.4, -0.2) is 34.4 Å². The number of hydrogen-bond donors (Lipinski definition) is 3. The Morgan fingerprint density at radius 2 is 2.03 bits per heavy atom. The smallest absolute Gasteiger partial charge is 0.348 e. The number of aromatic nitrogens is 2. The second-order valence-electron chi connectivity index (χ2n) is 10.2. The number of nitrogens with one attached hydrogen (secondary N) is 3. The molecule has 10 nitrogen and oxygen atoms in total. The molecule has 3 atom stereocenters. The quantitative estimate of drug-likeness (QED) is 0.291. The normalized spacial score (nSPS) is 17.8. The number of aryl methyl sites for hydroxylation is 1. The molecular formula is C28H36N4O6S. The third-order valence-electron chi connectivity index (χ3n) is 7.32. The lowest BCUT2D eigenvalue weighted by molar-refractivity contribution is -0.204. The molecule has 1 aliphatic heterocycles. The number of hydroxylamine groups is 1. The van der Waals surface area contributed by atoms with Gasteiger partial charge in [-0.25, -0.2) is 15.1 Å². The largest absolute Gasteiger partial charge is 0.350 e. The summed E-state index contributed by atoms with van der Waals surface area (Å²) in [5, 5.41) is 1.69. The number of carbonyl (C=O) groups excluding carboxylic acids is 2. The Morgan fingerprint density at radius 1 is 1.23 bits per heavy atom. The number of carbonyl (C=O) groups is 2. The average Bonchev–Trinajstić information content (AvgIpc) is 3.42. The van der Waals surface area contributed by atoms with Crippen molar-refractivity contribution in [3.8, 4) is 0 Å². The van der Waals surface area contributed by atoms with Crippen molar-refractivity contribution in [1.29, 1.82) is 0 Å². The number of hydrogen-bond acceptors (Lipinski definition) is 7. The molecule has 3 aromatic rings. The molecule has 1 fully saturated rings. The topological polar surface area (TPSA) is 132 Å². The molecule has 4 rings (SSSR count). The number of thiophene rings is 1. The van der Waals surface area contributed by atoms with Crippen LogP contribution in [0, 0.1) is 11.3 Å². The summed E-state index contributed by atoms with van der Waals surface area (Å²) in [4.78, 5) is 61.2. The Hall–Kier alpha value is -3.28. The fourth-order valence-corrected chi connectivity index (χ4v) is 5.91. The average molecular weight is 557 g/mol. The van der Waals surface area contributed by atoms with Gasteiger partial charge in [-0.15, -0.1) is 11.3 Å². The number of H-pyrrole nitrogens is 1. The van der Waals surface area contributed by atoms with E-state index in [4.69, 9.17) is 9.57 Å². The number of aromatic amines is 1. The molecule has 11 heteroatoms. The molecule has 1 aromatic carbocycles. The van der Waals surface area contributed by atoms with Gasteiger partial charge in [0.05, 0.1) is 16.8 Å². The van der Waals surface area contributed by atoms with Gasteiger partial charge in [0.2, 0.25) is 11.8 Å². The zero-order chi connectivity index (χ0) is 27.8. The van der Waals surface area contributed by atoms with E-state index in [1.165, 1.54) is 11.3 Å². The molecule has 1 aliphatic rings. The standard InChI is InChI=1S/C28H36N4O6S/c1-3-16-28(2,26(35)30-32-25(34)23-21(15-18-39-23)29-27(32)36)20(13-9-12-19-10-5-4-6-11-19)24(33)31-38-22-14-7-8-17-37-22/h4-6,10-11,15,18,20,22H,3,7-9,12-14,16-17H2,1-2H3,(H,29,36)(H,30,35)(H,31,33)/t20-,22?,28-/m1/s1. The summed E-state index contributed by atoms with van der Waals surface area (Å²) in [5.74, 6) is -1.80. The van der Waals surface area contributed by atoms with Crippen LogP contribution in [0.25, 0.3) is 10.2 Å². The van der Waals surface area contributed by atoms with Crippen molar-refractivity contribution in [3.05, 3.63) is 68.2 Å². The monoisotopic (exact) mass is 556 g/mol. The maximum absolute atomic E-state index is 13.8. The van der Waals surface area contributed by atoms with Gasteiger partial charge in [0, 0.05) is 13.0 Å². The van der Waals surface area contributed by atoms with Crippen LogP contribution in [0.3, 0.4) is 0 Å². The second-order valence-corrected chi connectivity index (χ2v) is 11.1. The fraction of sp³-hybridized carbons (Fsp3) is 0.500. The molecule has 1 saturated heterocycles. The highest BCUT2D eigenvalue weighted by molar-refractivity contribution is 7.17. The zero-order valence-electron chi connectivity index (χ0n) is 22.4. The van der Waals surface area contributed by atoms with Crippen LogP contribution in [-0.2, 0) is 25.6 Å². The second kappa shape index (κ2) is 13.2. The Labute approximate surface area is 230 Å². The Balaban J connectivity index is 1.58. The van der Waals surface area contributed by atoms with Gasteiger partial charge in [-0.2, -0.15) is 4.68 Å². The Bertz CT molecular complexity index is 1380. The van der Waals surface area contributed by atoms with E-state index in [0.717, 1.165) is 24.8 Å². The molecule has 39 heavy (non-hydrogen) atoms. The molecule has 1 unspecified atom stereocenters. The van der Waals surface area contributed by atoms with Crippen molar-refractivity contribution in [2.45, 2.75) is 71.5 Å². The van der Waals surface area contributed by atoms with Gasteiger partial charge in [-0.3, -0.25) is 19.8 Å². The van der Waals surface area contributed by atoms with Crippen LogP contribution in [0.4, 0.5) is 0 Å². The lowest BCUT2D eigenvalue weighted by atomic mass is 9.70. The number of fused-ring (bicyclic) bond motifs is 1. The van der Waals surface area contributed by atoms with Crippen molar-refractivity contribution in [2.75, 3.05) is 12.0 Å². The molecule has 0 spiro atoms. The number of rotatable bonds is 12. The summed E-state index contributed by atoms with van der Waals surface area (Å²) in [6.07, 6.45) is 4.76. The van der Waals surface area contributed by atoms with E-state index in [1.54, 1.807) is 18.4 Å². The highest BCUT2D eigenvalue weighted by Gasteiger charge is 2.45. The van der Waals surface area contributed by atoms with E-state index in [1.807, 2.05) is 37.3 Å². The van der Waals surface area contributed by atoms with Crippen LogP contribution in [0.2, 0.25) is 0 Å². The van der Waals surface area contributed by atoms with Gasteiger partial charge in [-0.1, -0.05) is 43.7 Å². The van der Waals surface area contributed by atoms with Gasteiger partial charge in [0.1, 0.15) is 4.70 Å². The van der Waals surface area contributed by atoms with Gasteiger partial charge in [0.15, 0.2) is 6.29 Å². The van der Waals surface area contributed by atoms with Gasteiger partial charge >= 0.3 is 5.69 Å². The molecule has 3 heterocycles. The summed E-state index contributed by atoms with van der Waals surface area (Å²) in [7, 11) is 0. The first-order chi connectivity index (χ1) is 18.8. The van der Waals surface area contributed by atoms with Crippen molar-refractivity contribution in [3.63, 3.8) is 0 Å². The summed E-state index contributed by atoms with van der Waals surface area (Å²) in [6, 6.07) is 11.6.